The lowest BCUT2D eigenvalue weighted by molar-refractivity contribution is -0.271. The molecule has 5 rings (SSSR count). The van der Waals surface area contributed by atoms with Crippen molar-refractivity contribution in [3.05, 3.63) is 81.9 Å². The van der Waals surface area contributed by atoms with Crippen LogP contribution in [0.5, 0.6) is 5.75 Å². The minimum absolute atomic E-state index is 0.0628. The summed E-state index contributed by atoms with van der Waals surface area (Å²) in [5.74, 6) is 0.531. The highest BCUT2D eigenvalue weighted by Crippen LogP contribution is 2.47. The van der Waals surface area contributed by atoms with Gasteiger partial charge < -0.3 is 14.4 Å². The molecule has 1 unspecified atom stereocenters. The smallest absolute Gasteiger partial charge is 0.418 e. The summed E-state index contributed by atoms with van der Waals surface area (Å²) in [6.07, 6.45) is 3.31. The Hall–Kier alpha value is -3.50. The number of fused-ring (bicyclic) bond motifs is 2. The van der Waals surface area contributed by atoms with Crippen molar-refractivity contribution in [3.8, 4) is 16.9 Å². The maximum absolute atomic E-state index is 14.6. The molecule has 38 heavy (non-hydrogen) atoms. The molecule has 0 bridgehead atoms. The van der Waals surface area contributed by atoms with Gasteiger partial charge in [0.1, 0.15) is 17.1 Å². The van der Waals surface area contributed by atoms with Crippen LogP contribution in [0, 0.1) is 0 Å². The number of rotatable bonds is 6. The quantitative estimate of drug-likeness (QED) is 0.363. The number of halogens is 4. The fourth-order valence-corrected chi connectivity index (χ4v) is 5.34. The van der Waals surface area contributed by atoms with Crippen molar-refractivity contribution in [1.29, 1.82) is 0 Å². The number of nitrogens with zero attached hydrogens (tertiary/aromatic N) is 4. The highest BCUT2D eigenvalue weighted by molar-refractivity contribution is 6.31. The Morgan fingerprint density at radius 3 is 2.55 bits per heavy atom. The van der Waals surface area contributed by atoms with E-state index in [0.717, 1.165) is 21.9 Å². The molecule has 0 radical (unpaired) electrons. The van der Waals surface area contributed by atoms with Crippen molar-refractivity contribution in [2.24, 2.45) is 0 Å². The van der Waals surface area contributed by atoms with Crippen LogP contribution in [0.15, 0.2) is 60.3 Å². The van der Waals surface area contributed by atoms with E-state index in [0.29, 0.717) is 29.9 Å². The molecule has 0 fully saturated rings. The number of aromatic nitrogens is 4. The van der Waals surface area contributed by atoms with Gasteiger partial charge in [-0.15, -0.1) is 0 Å². The minimum atomic E-state index is -5.01. The van der Waals surface area contributed by atoms with Gasteiger partial charge in [-0.2, -0.15) is 13.2 Å². The van der Waals surface area contributed by atoms with E-state index in [2.05, 4.69) is 15.0 Å². The molecule has 0 amide bonds. The van der Waals surface area contributed by atoms with Crippen molar-refractivity contribution < 1.29 is 23.0 Å². The first-order chi connectivity index (χ1) is 17.9. The average molecular weight is 545 g/mol. The monoisotopic (exact) mass is 544 g/mol. The number of ether oxygens (including phenoxy) is 1. The van der Waals surface area contributed by atoms with Gasteiger partial charge in [-0.25, -0.2) is 9.97 Å². The zero-order valence-corrected chi connectivity index (χ0v) is 21.3. The molecule has 198 valence electrons. The zero-order chi connectivity index (χ0) is 27.3. The summed E-state index contributed by atoms with van der Waals surface area (Å²) in [6.45, 7) is 2.82. The molecule has 11 heteroatoms. The molecular weight excluding hydrogens is 521 g/mol. The van der Waals surface area contributed by atoms with Crippen molar-refractivity contribution in [3.63, 3.8) is 0 Å². The van der Waals surface area contributed by atoms with Gasteiger partial charge in [0, 0.05) is 48.5 Å². The summed E-state index contributed by atoms with van der Waals surface area (Å²) in [7, 11) is 0. The SMILES string of the molecule is CC(C)(CC(O)(Cn1cc(Cl)c(=O)c2cnccc21)C(F)(F)F)c1cc(-c2cncnc2)cc2c1OCC2. The largest absolute Gasteiger partial charge is 0.493 e. The summed E-state index contributed by atoms with van der Waals surface area (Å²) in [5, 5.41) is 11.1. The van der Waals surface area contributed by atoms with Gasteiger partial charge in [0.05, 0.1) is 24.1 Å². The average Bonchev–Trinajstić information content (AvgIpc) is 3.35. The molecule has 7 nitrogen and oxygen atoms in total. The third-order valence-corrected chi connectivity index (χ3v) is 7.21. The molecule has 0 saturated heterocycles. The molecule has 1 aliphatic rings. The van der Waals surface area contributed by atoms with Crippen molar-refractivity contribution in [2.75, 3.05) is 6.61 Å². The van der Waals surface area contributed by atoms with E-state index in [-0.39, 0.29) is 15.9 Å². The maximum atomic E-state index is 14.6. The fraction of sp³-hybridized carbons (Fsp3) is 0.333. The Balaban J connectivity index is 1.60. The standard InChI is InChI=1S/C27H24ClF3N4O3/c1-25(2,20-8-17(18-9-33-15-34-10-18)7-16-4-6-38-24(16)20)13-26(37,27(29,30)31)14-35-12-21(28)23(36)19-11-32-5-3-22(19)35/h3,5,7-12,15,37H,4,6,13-14H2,1-2H3. The van der Waals surface area contributed by atoms with Crippen LogP contribution in [0.1, 0.15) is 31.4 Å². The van der Waals surface area contributed by atoms with Crippen LogP contribution >= 0.6 is 11.6 Å². The topological polar surface area (TPSA) is 90.1 Å². The first kappa shape index (κ1) is 26.1. The molecule has 3 aromatic heterocycles. The Bertz CT molecular complexity index is 1570. The molecule has 4 aromatic rings. The second-order valence-corrected chi connectivity index (χ2v) is 10.6. The predicted molar refractivity (Wildman–Crippen MR) is 136 cm³/mol. The number of hydrogen-bond acceptors (Lipinski definition) is 6. The minimum Gasteiger partial charge on any atom is -0.493 e. The Morgan fingerprint density at radius 2 is 1.84 bits per heavy atom. The van der Waals surface area contributed by atoms with Crippen LogP contribution in [0.4, 0.5) is 13.2 Å². The van der Waals surface area contributed by atoms with Crippen LogP contribution in [-0.2, 0) is 18.4 Å². The van der Waals surface area contributed by atoms with E-state index < -0.39 is 35.6 Å². The van der Waals surface area contributed by atoms with E-state index in [1.807, 2.05) is 6.07 Å². The second-order valence-electron chi connectivity index (χ2n) is 10.2. The molecule has 0 spiro atoms. The fourth-order valence-electron chi connectivity index (χ4n) is 5.12. The van der Waals surface area contributed by atoms with Gasteiger partial charge in [-0.05, 0) is 41.2 Å². The van der Waals surface area contributed by atoms with Crippen LogP contribution in [0.25, 0.3) is 22.0 Å². The lowest BCUT2D eigenvalue weighted by Crippen LogP contribution is -2.52. The van der Waals surface area contributed by atoms with Crippen LogP contribution in [0.2, 0.25) is 5.02 Å². The van der Waals surface area contributed by atoms with E-state index in [1.165, 1.54) is 24.8 Å². The van der Waals surface area contributed by atoms with Gasteiger partial charge in [0.15, 0.2) is 5.60 Å². The summed E-state index contributed by atoms with van der Waals surface area (Å²) < 4.78 is 50.9. The third-order valence-electron chi connectivity index (χ3n) is 6.94. The van der Waals surface area contributed by atoms with Crippen molar-refractivity contribution in [2.45, 2.75) is 50.4 Å². The first-order valence-corrected chi connectivity index (χ1v) is 12.2. The van der Waals surface area contributed by atoms with Gasteiger partial charge in [-0.1, -0.05) is 25.4 Å². The number of pyridine rings is 2. The number of alkyl halides is 3. The van der Waals surface area contributed by atoms with Crippen LogP contribution in [0.3, 0.4) is 0 Å². The molecule has 1 aliphatic heterocycles. The predicted octanol–water partition coefficient (Wildman–Crippen LogP) is 5.10. The van der Waals surface area contributed by atoms with Gasteiger partial charge >= 0.3 is 6.18 Å². The molecule has 1 aromatic carbocycles. The number of hydrogen-bond donors (Lipinski definition) is 1. The molecular formula is C27H24ClF3N4O3. The molecule has 1 atom stereocenters. The van der Waals surface area contributed by atoms with Crippen molar-refractivity contribution in [1.82, 2.24) is 19.5 Å². The van der Waals surface area contributed by atoms with E-state index in [4.69, 9.17) is 16.3 Å². The lowest BCUT2D eigenvalue weighted by Gasteiger charge is -2.39. The highest BCUT2D eigenvalue weighted by atomic mass is 35.5. The Labute approximate surface area is 220 Å². The first-order valence-electron chi connectivity index (χ1n) is 11.9. The number of aliphatic hydroxyl groups is 1. The lowest BCUT2D eigenvalue weighted by atomic mass is 9.73. The second kappa shape index (κ2) is 9.36. The van der Waals surface area contributed by atoms with Gasteiger partial charge in [0.2, 0.25) is 5.43 Å². The summed E-state index contributed by atoms with van der Waals surface area (Å²) in [4.78, 5) is 24.4. The van der Waals surface area contributed by atoms with Crippen LogP contribution in [-0.4, -0.2) is 43.0 Å². The van der Waals surface area contributed by atoms with Gasteiger partial charge in [-0.3, -0.25) is 9.78 Å². The van der Waals surface area contributed by atoms with Gasteiger partial charge in [0.25, 0.3) is 0 Å². The molecule has 0 aliphatic carbocycles. The molecule has 4 heterocycles. The summed E-state index contributed by atoms with van der Waals surface area (Å²) >= 11 is 6.05. The Kier molecular flexibility index (Phi) is 6.43. The normalized spacial score (nSPS) is 15.2. The highest BCUT2D eigenvalue weighted by Gasteiger charge is 2.56. The molecule has 1 N–H and O–H groups in total. The van der Waals surface area contributed by atoms with Crippen molar-refractivity contribution >= 4 is 22.5 Å². The van der Waals surface area contributed by atoms with E-state index in [9.17, 15) is 23.1 Å². The maximum Gasteiger partial charge on any atom is 0.418 e. The summed E-state index contributed by atoms with van der Waals surface area (Å²) in [6, 6.07) is 5.12. The summed E-state index contributed by atoms with van der Waals surface area (Å²) in [5.41, 5.74) is -1.85. The van der Waals surface area contributed by atoms with E-state index in [1.54, 1.807) is 32.3 Å². The van der Waals surface area contributed by atoms with Crippen LogP contribution < -0.4 is 10.2 Å². The Morgan fingerprint density at radius 1 is 1.11 bits per heavy atom. The third kappa shape index (κ3) is 4.63. The molecule has 0 saturated carbocycles. The van der Waals surface area contributed by atoms with E-state index >= 15 is 0 Å². The zero-order valence-electron chi connectivity index (χ0n) is 20.6. The number of benzene rings is 1.